The Bertz CT molecular complexity index is 590. The van der Waals surface area contributed by atoms with E-state index in [1.165, 1.54) is 7.11 Å². The molecular formula is C14H19N3O2. The topological polar surface area (TPSA) is 56.1 Å². The van der Waals surface area contributed by atoms with Gasteiger partial charge in [-0.05, 0) is 31.5 Å². The van der Waals surface area contributed by atoms with E-state index in [9.17, 15) is 4.79 Å². The molecule has 0 amide bonds. The molecule has 2 aromatic rings. The predicted molar refractivity (Wildman–Crippen MR) is 75.2 cm³/mol. The van der Waals surface area contributed by atoms with Gasteiger partial charge in [-0.1, -0.05) is 0 Å². The van der Waals surface area contributed by atoms with Crippen LogP contribution in [0.3, 0.4) is 0 Å². The molecule has 0 unspecified atom stereocenters. The summed E-state index contributed by atoms with van der Waals surface area (Å²) in [5.74, 6) is 0.829. The minimum Gasteiger partial charge on any atom is -0.469 e. The van der Waals surface area contributed by atoms with Gasteiger partial charge in [0.05, 0.1) is 18.1 Å². The molecule has 1 N–H and O–H groups in total. The van der Waals surface area contributed by atoms with Crippen LogP contribution in [0.1, 0.15) is 18.7 Å². The highest BCUT2D eigenvalue weighted by Gasteiger charge is 2.05. The fourth-order valence-electron chi connectivity index (χ4n) is 2.00. The highest BCUT2D eigenvalue weighted by atomic mass is 16.5. The first-order valence-electron chi connectivity index (χ1n) is 6.35. The first kappa shape index (κ1) is 13.4. The number of fused-ring (bicyclic) bond motifs is 1. The largest absolute Gasteiger partial charge is 0.469 e. The number of hydrogen-bond acceptors (Lipinski definition) is 4. The second-order valence-electron chi connectivity index (χ2n) is 4.53. The van der Waals surface area contributed by atoms with Crippen molar-refractivity contribution in [3.8, 4) is 0 Å². The molecule has 0 fully saturated rings. The number of carbonyl (C=O) groups excluding carboxylic acids is 1. The molecule has 0 saturated heterocycles. The molecule has 0 aliphatic carbocycles. The van der Waals surface area contributed by atoms with E-state index in [4.69, 9.17) is 0 Å². The normalized spacial score (nSPS) is 10.7. The summed E-state index contributed by atoms with van der Waals surface area (Å²) < 4.78 is 6.66. The zero-order chi connectivity index (χ0) is 13.8. The van der Waals surface area contributed by atoms with Gasteiger partial charge in [-0.3, -0.25) is 4.79 Å². The summed E-state index contributed by atoms with van der Waals surface area (Å²) in [6.45, 7) is 2.73. The van der Waals surface area contributed by atoms with Gasteiger partial charge in [-0.15, -0.1) is 0 Å². The Labute approximate surface area is 112 Å². The van der Waals surface area contributed by atoms with E-state index in [2.05, 4.69) is 25.7 Å². The number of hydrogen-bond donors (Lipinski definition) is 1. The number of ether oxygens (including phenoxy) is 1. The number of carbonyl (C=O) groups is 1. The SMILES string of the molecule is COC(=O)CCCNc1ccc2c(c1)nc(C)n2C. The quantitative estimate of drug-likeness (QED) is 0.662. The zero-order valence-corrected chi connectivity index (χ0v) is 11.6. The second kappa shape index (κ2) is 5.73. The number of anilines is 1. The minimum atomic E-state index is -0.169. The standard InChI is InChI=1S/C14H19N3O2/c1-10-16-12-9-11(6-7-13(12)17(10)2)15-8-4-5-14(18)19-3/h6-7,9,15H,4-5,8H2,1-3H3. The number of esters is 1. The third-order valence-electron chi connectivity index (χ3n) is 3.22. The van der Waals surface area contributed by atoms with Crippen molar-refractivity contribution >= 4 is 22.7 Å². The van der Waals surface area contributed by atoms with Gasteiger partial charge in [0.2, 0.25) is 0 Å². The number of aromatic nitrogens is 2. The molecule has 0 saturated carbocycles. The van der Waals surface area contributed by atoms with Crippen LogP contribution in [0.4, 0.5) is 5.69 Å². The Kier molecular flexibility index (Phi) is 4.04. The van der Waals surface area contributed by atoms with Gasteiger partial charge in [0.15, 0.2) is 0 Å². The lowest BCUT2D eigenvalue weighted by Gasteiger charge is -2.06. The number of nitrogens with zero attached hydrogens (tertiary/aromatic N) is 2. The van der Waals surface area contributed by atoms with Crippen molar-refractivity contribution in [2.24, 2.45) is 7.05 Å². The van der Waals surface area contributed by atoms with Gasteiger partial charge in [0.1, 0.15) is 5.82 Å². The smallest absolute Gasteiger partial charge is 0.305 e. The van der Waals surface area contributed by atoms with Crippen LogP contribution >= 0.6 is 0 Å². The number of rotatable bonds is 5. The molecule has 102 valence electrons. The molecule has 0 atom stereocenters. The molecule has 0 spiro atoms. The molecule has 1 aromatic heterocycles. The van der Waals surface area contributed by atoms with Gasteiger partial charge in [-0.25, -0.2) is 4.98 Å². The lowest BCUT2D eigenvalue weighted by Crippen LogP contribution is -2.06. The van der Waals surface area contributed by atoms with Crippen LogP contribution in [0.2, 0.25) is 0 Å². The van der Waals surface area contributed by atoms with Crippen molar-refractivity contribution in [1.29, 1.82) is 0 Å². The molecular weight excluding hydrogens is 242 g/mol. The van der Waals surface area contributed by atoms with Crippen molar-refractivity contribution in [1.82, 2.24) is 9.55 Å². The first-order valence-corrected chi connectivity index (χ1v) is 6.35. The van der Waals surface area contributed by atoms with Crippen LogP contribution < -0.4 is 5.32 Å². The molecule has 1 aromatic carbocycles. The first-order chi connectivity index (χ1) is 9.11. The van der Waals surface area contributed by atoms with Crippen LogP contribution in [0.25, 0.3) is 11.0 Å². The maximum atomic E-state index is 11.0. The fraction of sp³-hybridized carbons (Fsp3) is 0.429. The molecule has 1 heterocycles. The third kappa shape index (κ3) is 3.05. The van der Waals surface area contributed by atoms with Gasteiger partial charge in [0, 0.05) is 25.7 Å². The summed E-state index contributed by atoms with van der Waals surface area (Å²) in [4.78, 5) is 15.5. The fourth-order valence-corrected chi connectivity index (χ4v) is 2.00. The lowest BCUT2D eigenvalue weighted by molar-refractivity contribution is -0.140. The summed E-state index contributed by atoms with van der Waals surface area (Å²) in [5.41, 5.74) is 3.13. The number of benzene rings is 1. The molecule has 0 aliphatic heterocycles. The Morgan fingerprint density at radius 3 is 3.00 bits per heavy atom. The Hall–Kier alpha value is -2.04. The Balaban J connectivity index is 1.96. The third-order valence-corrected chi connectivity index (χ3v) is 3.22. The maximum absolute atomic E-state index is 11.0. The predicted octanol–water partition coefficient (Wildman–Crippen LogP) is 2.25. The molecule has 5 heteroatoms. The van der Waals surface area contributed by atoms with E-state index in [1.807, 2.05) is 26.1 Å². The van der Waals surface area contributed by atoms with Crippen molar-refractivity contribution in [2.75, 3.05) is 19.0 Å². The monoisotopic (exact) mass is 261 g/mol. The molecule has 0 aliphatic rings. The molecule has 0 bridgehead atoms. The molecule has 5 nitrogen and oxygen atoms in total. The van der Waals surface area contributed by atoms with Crippen LogP contribution in [-0.4, -0.2) is 29.2 Å². The van der Waals surface area contributed by atoms with Crippen molar-refractivity contribution in [3.05, 3.63) is 24.0 Å². The number of aryl methyl sites for hydroxylation is 2. The van der Waals surface area contributed by atoms with E-state index in [0.29, 0.717) is 6.42 Å². The van der Waals surface area contributed by atoms with Crippen LogP contribution in [-0.2, 0) is 16.6 Å². The zero-order valence-electron chi connectivity index (χ0n) is 11.6. The van der Waals surface area contributed by atoms with Gasteiger partial charge >= 0.3 is 5.97 Å². The van der Waals surface area contributed by atoms with E-state index in [1.54, 1.807) is 0 Å². The number of imidazole rings is 1. The van der Waals surface area contributed by atoms with Gasteiger partial charge in [-0.2, -0.15) is 0 Å². The van der Waals surface area contributed by atoms with E-state index < -0.39 is 0 Å². The van der Waals surface area contributed by atoms with Gasteiger partial charge < -0.3 is 14.6 Å². The minimum absolute atomic E-state index is 0.169. The summed E-state index contributed by atoms with van der Waals surface area (Å²) in [6, 6.07) is 6.11. The molecule has 19 heavy (non-hydrogen) atoms. The Morgan fingerprint density at radius 2 is 2.26 bits per heavy atom. The average Bonchev–Trinajstić information content (AvgIpc) is 2.69. The molecule has 0 radical (unpaired) electrons. The Morgan fingerprint density at radius 1 is 1.47 bits per heavy atom. The van der Waals surface area contributed by atoms with Crippen LogP contribution in [0, 0.1) is 6.92 Å². The van der Waals surface area contributed by atoms with Crippen LogP contribution in [0.15, 0.2) is 18.2 Å². The maximum Gasteiger partial charge on any atom is 0.305 e. The number of methoxy groups -OCH3 is 1. The lowest BCUT2D eigenvalue weighted by atomic mass is 10.2. The highest BCUT2D eigenvalue weighted by molar-refractivity contribution is 5.80. The summed E-state index contributed by atoms with van der Waals surface area (Å²) in [6.07, 6.45) is 1.19. The molecule has 2 rings (SSSR count). The van der Waals surface area contributed by atoms with Crippen molar-refractivity contribution in [3.63, 3.8) is 0 Å². The van der Waals surface area contributed by atoms with Crippen molar-refractivity contribution in [2.45, 2.75) is 19.8 Å². The highest BCUT2D eigenvalue weighted by Crippen LogP contribution is 2.19. The van der Waals surface area contributed by atoms with Gasteiger partial charge in [0.25, 0.3) is 0 Å². The summed E-state index contributed by atoms with van der Waals surface area (Å²) >= 11 is 0. The van der Waals surface area contributed by atoms with Crippen molar-refractivity contribution < 1.29 is 9.53 Å². The van der Waals surface area contributed by atoms with E-state index in [0.717, 1.165) is 35.5 Å². The van der Waals surface area contributed by atoms with Crippen LogP contribution in [0.5, 0.6) is 0 Å². The van der Waals surface area contributed by atoms with E-state index >= 15 is 0 Å². The average molecular weight is 261 g/mol. The number of nitrogens with one attached hydrogen (secondary N) is 1. The van der Waals surface area contributed by atoms with E-state index in [-0.39, 0.29) is 5.97 Å². The second-order valence-corrected chi connectivity index (χ2v) is 4.53. The summed E-state index contributed by atoms with van der Waals surface area (Å²) in [5, 5.41) is 3.29. The summed E-state index contributed by atoms with van der Waals surface area (Å²) in [7, 11) is 3.42.